The van der Waals surface area contributed by atoms with Crippen molar-refractivity contribution in [2.75, 3.05) is 37.4 Å². The highest BCUT2D eigenvalue weighted by molar-refractivity contribution is 9.10. The first-order valence-corrected chi connectivity index (χ1v) is 6.40. The van der Waals surface area contributed by atoms with Crippen LogP contribution >= 0.6 is 15.9 Å². The molecule has 4 N–H and O–H groups in total. The molecule has 1 aliphatic rings. The van der Waals surface area contributed by atoms with Gasteiger partial charge in [0.25, 0.3) is 0 Å². The number of nitrogen functional groups attached to an aromatic ring is 1. The summed E-state index contributed by atoms with van der Waals surface area (Å²) in [5.41, 5.74) is 2.44. The molecular weight excluding hydrogens is 284 g/mol. The Balaban J connectivity index is 1.94. The first-order valence-electron chi connectivity index (χ1n) is 5.60. The Labute approximate surface area is 109 Å². The lowest BCUT2D eigenvalue weighted by atomic mass is 10.1. The van der Waals surface area contributed by atoms with E-state index < -0.39 is 0 Å². The number of hydrazine groups is 1. The zero-order valence-corrected chi connectivity index (χ0v) is 11.4. The SMILES string of the molecule is CN1CCC(CNc2nc(NN)ncc2Br)C1. The fourth-order valence-corrected chi connectivity index (χ4v) is 2.33. The molecule has 2 rings (SSSR count). The van der Waals surface area contributed by atoms with Crippen LogP contribution in [0.15, 0.2) is 10.7 Å². The minimum Gasteiger partial charge on any atom is -0.369 e. The minimum absolute atomic E-state index is 0.416. The summed E-state index contributed by atoms with van der Waals surface area (Å²) in [7, 11) is 2.15. The van der Waals surface area contributed by atoms with Crippen LogP contribution in [-0.2, 0) is 0 Å². The summed E-state index contributed by atoms with van der Waals surface area (Å²) < 4.78 is 0.850. The maximum Gasteiger partial charge on any atom is 0.239 e. The summed E-state index contributed by atoms with van der Waals surface area (Å²) in [6.07, 6.45) is 2.92. The van der Waals surface area contributed by atoms with Gasteiger partial charge in [-0.05, 0) is 41.9 Å². The number of hydrogen-bond acceptors (Lipinski definition) is 6. The van der Waals surface area contributed by atoms with Gasteiger partial charge < -0.3 is 10.2 Å². The van der Waals surface area contributed by atoms with Crippen molar-refractivity contribution in [1.82, 2.24) is 14.9 Å². The molecule has 94 valence electrons. The maximum absolute atomic E-state index is 5.28. The second-order valence-corrected chi connectivity index (χ2v) is 5.19. The number of hydrogen-bond donors (Lipinski definition) is 3. The molecule has 6 nitrogen and oxygen atoms in total. The molecule has 1 atom stereocenters. The van der Waals surface area contributed by atoms with E-state index in [1.165, 1.54) is 13.0 Å². The predicted molar refractivity (Wildman–Crippen MR) is 71.6 cm³/mol. The third-order valence-corrected chi connectivity index (χ3v) is 3.50. The molecular formula is C10H17BrN6. The van der Waals surface area contributed by atoms with Crippen LogP contribution in [0.2, 0.25) is 0 Å². The van der Waals surface area contributed by atoms with Crippen molar-refractivity contribution < 1.29 is 0 Å². The first-order chi connectivity index (χ1) is 8.19. The van der Waals surface area contributed by atoms with Gasteiger partial charge in [0.2, 0.25) is 5.95 Å². The molecule has 1 aromatic rings. The van der Waals surface area contributed by atoms with Gasteiger partial charge in [-0.3, -0.25) is 5.43 Å². The zero-order valence-electron chi connectivity index (χ0n) is 9.78. The van der Waals surface area contributed by atoms with Gasteiger partial charge in [0.1, 0.15) is 5.82 Å². The number of anilines is 2. The molecule has 0 bridgehead atoms. The fraction of sp³-hybridized carbons (Fsp3) is 0.600. The molecule has 0 saturated carbocycles. The van der Waals surface area contributed by atoms with E-state index in [4.69, 9.17) is 5.84 Å². The number of aromatic nitrogens is 2. The Morgan fingerprint density at radius 3 is 3.12 bits per heavy atom. The van der Waals surface area contributed by atoms with E-state index in [1.807, 2.05) is 0 Å². The van der Waals surface area contributed by atoms with Gasteiger partial charge in [0.15, 0.2) is 0 Å². The Morgan fingerprint density at radius 1 is 1.65 bits per heavy atom. The van der Waals surface area contributed by atoms with Crippen LogP contribution in [0.3, 0.4) is 0 Å². The van der Waals surface area contributed by atoms with Gasteiger partial charge in [-0.25, -0.2) is 10.8 Å². The molecule has 17 heavy (non-hydrogen) atoms. The van der Waals surface area contributed by atoms with Crippen LogP contribution in [0.1, 0.15) is 6.42 Å². The van der Waals surface area contributed by atoms with Gasteiger partial charge >= 0.3 is 0 Å². The fourth-order valence-electron chi connectivity index (χ4n) is 1.99. The van der Waals surface area contributed by atoms with E-state index in [-0.39, 0.29) is 0 Å². The lowest BCUT2D eigenvalue weighted by Crippen LogP contribution is -2.20. The van der Waals surface area contributed by atoms with Crippen LogP contribution in [0.4, 0.5) is 11.8 Å². The average Bonchev–Trinajstić information content (AvgIpc) is 2.74. The highest BCUT2D eigenvalue weighted by atomic mass is 79.9. The quantitative estimate of drug-likeness (QED) is 0.566. The van der Waals surface area contributed by atoms with Crippen molar-refractivity contribution in [3.05, 3.63) is 10.7 Å². The van der Waals surface area contributed by atoms with Crippen LogP contribution in [0.25, 0.3) is 0 Å². The van der Waals surface area contributed by atoms with E-state index in [0.717, 1.165) is 23.4 Å². The predicted octanol–water partition coefficient (Wildman–Crippen LogP) is 0.888. The molecule has 1 aromatic heterocycles. The molecule has 0 amide bonds. The van der Waals surface area contributed by atoms with Crippen LogP contribution in [0.5, 0.6) is 0 Å². The summed E-state index contributed by atoms with van der Waals surface area (Å²) in [6.45, 7) is 3.23. The van der Waals surface area contributed by atoms with Gasteiger partial charge in [0.05, 0.1) is 4.47 Å². The van der Waals surface area contributed by atoms with Crippen molar-refractivity contribution >= 4 is 27.7 Å². The third-order valence-electron chi connectivity index (χ3n) is 2.92. The highest BCUT2D eigenvalue weighted by Gasteiger charge is 2.19. The summed E-state index contributed by atoms with van der Waals surface area (Å²) in [6, 6.07) is 0. The van der Waals surface area contributed by atoms with E-state index in [2.05, 4.69) is 48.6 Å². The summed E-state index contributed by atoms with van der Waals surface area (Å²) in [5.74, 6) is 7.15. The normalized spacial score (nSPS) is 20.5. The molecule has 1 unspecified atom stereocenters. The van der Waals surface area contributed by atoms with Gasteiger partial charge in [0, 0.05) is 19.3 Å². The Bertz CT molecular complexity index is 385. The van der Waals surface area contributed by atoms with Crippen molar-refractivity contribution in [3.63, 3.8) is 0 Å². The van der Waals surface area contributed by atoms with Crippen LogP contribution in [0, 0.1) is 5.92 Å². The molecule has 1 fully saturated rings. The maximum atomic E-state index is 5.28. The summed E-state index contributed by atoms with van der Waals surface area (Å²) >= 11 is 3.41. The van der Waals surface area contributed by atoms with E-state index in [9.17, 15) is 0 Å². The Hall–Kier alpha value is -0.920. The molecule has 0 spiro atoms. The number of halogens is 1. The molecule has 1 saturated heterocycles. The molecule has 0 radical (unpaired) electrons. The summed E-state index contributed by atoms with van der Waals surface area (Å²) in [4.78, 5) is 10.6. The van der Waals surface area contributed by atoms with Gasteiger partial charge in [-0.1, -0.05) is 0 Å². The minimum atomic E-state index is 0.416. The lowest BCUT2D eigenvalue weighted by Gasteiger charge is -2.13. The van der Waals surface area contributed by atoms with E-state index in [0.29, 0.717) is 11.9 Å². The standard InChI is InChI=1S/C10H17BrN6/c1-17-3-2-7(6-17)4-13-9-8(11)5-14-10(15-9)16-12/h5,7H,2-4,6,12H2,1H3,(H2,13,14,15,16). The topological polar surface area (TPSA) is 79.1 Å². The van der Waals surface area contributed by atoms with Crippen molar-refractivity contribution in [1.29, 1.82) is 0 Å². The van der Waals surface area contributed by atoms with Crippen molar-refractivity contribution in [2.24, 2.45) is 11.8 Å². The highest BCUT2D eigenvalue weighted by Crippen LogP contribution is 2.21. The lowest BCUT2D eigenvalue weighted by molar-refractivity contribution is 0.399. The number of nitrogens with zero attached hydrogens (tertiary/aromatic N) is 3. The van der Waals surface area contributed by atoms with Crippen LogP contribution in [-0.4, -0.2) is 41.5 Å². The molecule has 2 heterocycles. The number of nitrogens with two attached hydrogens (primary N) is 1. The second-order valence-electron chi connectivity index (χ2n) is 4.33. The van der Waals surface area contributed by atoms with Gasteiger partial charge in [-0.15, -0.1) is 0 Å². The summed E-state index contributed by atoms with van der Waals surface area (Å²) in [5, 5.41) is 3.33. The Morgan fingerprint density at radius 2 is 2.47 bits per heavy atom. The largest absolute Gasteiger partial charge is 0.369 e. The third kappa shape index (κ3) is 3.27. The van der Waals surface area contributed by atoms with Crippen molar-refractivity contribution in [2.45, 2.75) is 6.42 Å². The molecule has 0 aliphatic carbocycles. The molecule has 1 aliphatic heterocycles. The molecule has 0 aromatic carbocycles. The first kappa shape index (κ1) is 12.5. The van der Waals surface area contributed by atoms with Crippen molar-refractivity contribution in [3.8, 4) is 0 Å². The number of rotatable bonds is 4. The van der Waals surface area contributed by atoms with E-state index >= 15 is 0 Å². The van der Waals surface area contributed by atoms with Crippen LogP contribution < -0.4 is 16.6 Å². The van der Waals surface area contributed by atoms with E-state index in [1.54, 1.807) is 6.20 Å². The number of likely N-dealkylation sites (tertiary alicyclic amines) is 1. The number of nitrogens with one attached hydrogen (secondary N) is 2. The van der Waals surface area contributed by atoms with Gasteiger partial charge in [-0.2, -0.15) is 4.98 Å². The smallest absolute Gasteiger partial charge is 0.239 e. The zero-order chi connectivity index (χ0) is 12.3. The monoisotopic (exact) mass is 300 g/mol. The average molecular weight is 301 g/mol. The Kier molecular flexibility index (Phi) is 4.14. The molecule has 7 heteroatoms. The second kappa shape index (κ2) is 5.61.